The van der Waals surface area contributed by atoms with E-state index >= 15 is 0 Å². The first kappa shape index (κ1) is 9.24. The molecule has 0 saturated carbocycles. The molecule has 1 aromatic rings. The van der Waals surface area contributed by atoms with E-state index in [1.807, 2.05) is 22.6 Å². The normalized spacial score (nSPS) is 9.83. The molecule has 0 fully saturated rings. The highest BCUT2D eigenvalue weighted by Crippen LogP contribution is 2.28. The van der Waals surface area contributed by atoms with Gasteiger partial charge in [0.1, 0.15) is 5.75 Å². The lowest BCUT2D eigenvalue weighted by Gasteiger charge is -2.00. The Morgan fingerprint density at radius 1 is 1.58 bits per heavy atom. The maximum Gasteiger partial charge on any atom is 0.271 e. The van der Waals surface area contributed by atoms with Crippen LogP contribution in [0.5, 0.6) is 5.75 Å². The molecule has 0 amide bonds. The lowest BCUT2D eigenvalue weighted by atomic mass is 10.2. The second-order valence-electron chi connectivity index (χ2n) is 2.19. The van der Waals surface area contributed by atoms with Gasteiger partial charge in [0, 0.05) is 17.7 Å². The Kier molecular flexibility index (Phi) is 2.51. The standard InChI is InChI=1S/C7H5INO3/c1-4-2-5(9(11)12)3-6(8)7(4)10/h2-3,10H,1H2. The van der Waals surface area contributed by atoms with Crippen LogP contribution in [0.4, 0.5) is 5.69 Å². The highest BCUT2D eigenvalue weighted by Gasteiger charge is 2.11. The lowest BCUT2D eigenvalue weighted by molar-refractivity contribution is -0.385. The van der Waals surface area contributed by atoms with Crippen molar-refractivity contribution in [3.05, 3.63) is 38.3 Å². The Labute approximate surface area is 82.5 Å². The number of benzene rings is 1. The molecule has 4 nitrogen and oxygen atoms in total. The largest absolute Gasteiger partial charge is 0.507 e. The third kappa shape index (κ3) is 1.66. The number of hydrogen-bond donors (Lipinski definition) is 1. The molecule has 1 rings (SSSR count). The average Bonchev–Trinajstić information content (AvgIpc) is 1.99. The Morgan fingerprint density at radius 3 is 2.58 bits per heavy atom. The molecule has 63 valence electrons. The molecular weight excluding hydrogens is 273 g/mol. The van der Waals surface area contributed by atoms with Crippen molar-refractivity contribution < 1.29 is 10.0 Å². The van der Waals surface area contributed by atoms with Gasteiger partial charge in [0.2, 0.25) is 0 Å². The molecule has 1 aromatic carbocycles. The second kappa shape index (κ2) is 3.26. The molecule has 0 spiro atoms. The van der Waals surface area contributed by atoms with E-state index in [0.29, 0.717) is 3.57 Å². The summed E-state index contributed by atoms with van der Waals surface area (Å²) in [6, 6.07) is 2.53. The number of nitro groups is 1. The summed E-state index contributed by atoms with van der Waals surface area (Å²) in [5, 5.41) is 19.5. The molecule has 0 aliphatic heterocycles. The van der Waals surface area contributed by atoms with Gasteiger partial charge in [0.15, 0.2) is 0 Å². The molecular formula is C7H5INO3. The summed E-state index contributed by atoms with van der Waals surface area (Å²) >= 11 is 1.81. The molecule has 0 unspecified atom stereocenters. The Morgan fingerprint density at radius 2 is 2.17 bits per heavy atom. The summed E-state index contributed by atoms with van der Waals surface area (Å²) in [7, 11) is 0. The van der Waals surface area contributed by atoms with Crippen molar-refractivity contribution in [2.45, 2.75) is 0 Å². The second-order valence-corrected chi connectivity index (χ2v) is 3.35. The van der Waals surface area contributed by atoms with E-state index in [0.717, 1.165) is 0 Å². The van der Waals surface area contributed by atoms with Crippen molar-refractivity contribution in [2.24, 2.45) is 0 Å². The molecule has 1 radical (unpaired) electrons. The summed E-state index contributed by atoms with van der Waals surface area (Å²) < 4.78 is 0.437. The van der Waals surface area contributed by atoms with Crippen LogP contribution in [0.15, 0.2) is 12.1 Å². The topological polar surface area (TPSA) is 63.4 Å². The maximum atomic E-state index is 10.3. The number of halogens is 1. The number of hydrogen-bond acceptors (Lipinski definition) is 3. The third-order valence-electron chi connectivity index (χ3n) is 1.34. The monoisotopic (exact) mass is 278 g/mol. The van der Waals surface area contributed by atoms with Crippen molar-refractivity contribution in [1.82, 2.24) is 0 Å². The molecule has 0 atom stereocenters. The summed E-state index contributed by atoms with van der Waals surface area (Å²) in [5.74, 6) is 0.00111. The zero-order valence-corrected chi connectivity index (χ0v) is 8.11. The molecule has 0 aromatic heterocycles. The zero-order valence-electron chi connectivity index (χ0n) is 5.95. The van der Waals surface area contributed by atoms with Crippen molar-refractivity contribution in [3.8, 4) is 5.75 Å². The average molecular weight is 278 g/mol. The van der Waals surface area contributed by atoms with Crippen LogP contribution in [-0.4, -0.2) is 10.0 Å². The minimum absolute atomic E-state index is 0.00111. The van der Waals surface area contributed by atoms with Crippen molar-refractivity contribution >= 4 is 28.3 Å². The number of nitro benzene ring substituents is 1. The quantitative estimate of drug-likeness (QED) is 0.486. The number of rotatable bonds is 1. The minimum Gasteiger partial charge on any atom is -0.507 e. The summed E-state index contributed by atoms with van der Waals surface area (Å²) in [4.78, 5) is 9.79. The van der Waals surface area contributed by atoms with E-state index in [1.54, 1.807) is 0 Å². The van der Waals surface area contributed by atoms with Crippen LogP contribution in [0.2, 0.25) is 0 Å². The van der Waals surface area contributed by atoms with Crippen molar-refractivity contribution in [2.75, 3.05) is 0 Å². The Hall–Kier alpha value is -0.850. The summed E-state index contributed by atoms with van der Waals surface area (Å²) in [5.41, 5.74) is 0.218. The molecule has 0 heterocycles. The van der Waals surface area contributed by atoms with E-state index in [4.69, 9.17) is 0 Å². The first-order chi connectivity index (χ1) is 5.52. The van der Waals surface area contributed by atoms with Crippen LogP contribution in [0, 0.1) is 20.6 Å². The van der Waals surface area contributed by atoms with Crippen LogP contribution in [0.1, 0.15) is 5.56 Å². The molecule has 0 aliphatic carbocycles. The molecule has 0 saturated heterocycles. The predicted molar refractivity (Wildman–Crippen MR) is 51.9 cm³/mol. The van der Waals surface area contributed by atoms with Gasteiger partial charge in [-0.25, -0.2) is 0 Å². The number of phenolic OH excluding ortho intramolecular Hbond substituents is 1. The Bertz CT molecular complexity index is 314. The third-order valence-corrected chi connectivity index (χ3v) is 2.16. The minimum atomic E-state index is -0.518. The zero-order chi connectivity index (χ0) is 9.30. The fourth-order valence-electron chi connectivity index (χ4n) is 0.746. The van der Waals surface area contributed by atoms with Crippen molar-refractivity contribution in [1.29, 1.82) is 0 Å². The van der Waals surface area contributed by atoms with Gasteiger partial charge >= 0.3 is 0 Å². The van der Waals surface area contributed by atoms with Gasteiger partial charge < -0.3 is 5.11 Å². The van der Waals surface area contributed by atoms with E-state index in [9.17, 15) is 15.2 Å². The first-order valence-corrected chi connectivity index (χ1v) is 4.09. The molecule has 1 N–H and O–H groups in total. The van der Waals surface area contributed by atoms with Crippen LogP contribution in [-0.2, 0) is 0 Å². The number of phenols is 1. The van der Waals surface area contributed by atoms with E-state index in [-0.39, 0.29) is 17.0 Å². The van der Waals surface area contributed by atoms with Gasteiger partial charge in [0.25, 0.3) is 5.69 Å². The van der Waals surface area contributed by atoms with Crippen LogP contribution >= 0.6 is 22.6 Å². The fourth-order valence-corrected chi connectivity index (χ4v) is 1.41. The molecule has 5 heteroatoms. The lowest BCUT2D eigenvalue weighted by Crippen LogP contribution is -1.90. The van der Waals surface area contributed by atoms with Crippen LogP contribution < -0.4 is 0 Å². The number of aromatic hydroxyl groups is 1. The van der Waals surface area contributed by atoms with E-state index < -0.39 is 4.92 Å². The van der Waals surface area contributed by atoms with Gasteiger partial charge in [-0.05, 0) is 29.5 Å². The van der Waals surface area contributed by atoms with Gasteiger partial charge in [-0.3, -0.25) is 10.1 Å². The smallest absolute Gasteiger partial charge is 0.271 e. The van der Waals surface area contributed by atoms with E-state index in [1.165, 1.54) is 12.1 Å². The van der Waals surface area contributed by atoms with Crippen LogP contribution in [0.25, 0.3) is 0 Å². The first-order valence-electron chi connectivity index (χ1n) is 3.01. The van der Waals surface area contributed by atoms with E-state index in [2.05, 4.69) is 6.92 Å². The van der Waals surface area contributed by atoms with Crippen LogP contribution in [0.3, 0.4) is 0 Å². The van der Waals surface area contributed by atoms with Gasteiger partial charge in [-0.2, -0.15) is 0 Å². The van der Waals surface area contributed by atoms with Crippen molar-refractivity contribution in [3.63, 3.8) is 0 Å². The van der Waals surface area contributed by atoms with Gasteiger partial charge in [-0.1, -0.05) is 0 Å². The fraction of sp³-hybridized carbons (Fsp3) is 0. The molecule has 0 aliphatic rings. The summed E-state index contributed by atoms with van der Waals surface area (Å²) in [6.45, 7) is 3.46. The SMILES string of the molecule is [CH2]c1cc([N+](=O)[O-])cc(I)c1O. The molecule has 0 bridgehead atoms. The maximum absolute atomic E-state index is 10.3. The number of nitrogens with zero attached hydrogens (tertiary/aromatic N) is 1. The number of non-ortho nitro benzene ring substituents is 1. The Balaban J connectivity index is 3.31. The molecule has 12 heavy (non-hydrogen) atoms. The highest BCUT2D eigenvalue weighted by molar-refractivity contribution is 14.1. The van der Waals surface area contributed by atoms with Gasteiger partial charge in [-0.15, -0.1) is 0 Å². The van der Waals surface area contributed by atoms with Gasteiger partial charge in [0.05, 0.1) is 8.49 Å². The predicted octanol–water partition coefficient (Wildman–Crippen LogP) is 2.09. The highest BCUT2D eigenvalue weighted by atomic mass is 127. The summed E-state index contributed by atoms with van der Waals surface area (Å²) in [6.07, 6.45) is 0.